The average Bonchev–Trinajstić information content (AvgIpc) is 3.21. The summed E-state index contributed by atoms with van der Waals surface area (Å²) in [6.07, 6.45) is 0. The highest BCUT2D eigenvalue weighted by Gasteiger charge is 2.13. The zero-order chi connectivity index (χ0) is 22.6. The van der Waals surface area contributed by atoms with Crippen LogP contribution in [0.4, 0.5) is 0 Å². The molecule has 0 aliphatic carbocycles. The molecule has 0 aliphatic rings. The van der Waals surface area contributed by atoms with Gasteiger partial charge in [-0.15, -0.1) is 0 Å². The van der Waals surface area contributed by atoms with Crippen LogP contribution in [0.3, 0.4) is 0 Å². The lowest BCUT2D eigenvalue weighted by atomic mass is 9.93. The topological polar surface area (TPSA) is 4.93 Å². The number of nitrogens with zero attached hydrogens (tertiary/aromatic N) is 1. The number of rotatable bonds is 2. The van der Waals surface area contributed by atoms with Gasteiger partial charge >= 0.3 is 0 Å². The number of hydrogen-bond acceptors (Lipinski definition) is 0. The lowest BCUT2D eigenvalue weighted by molar-refractivity contribution is 1.18. The monoisotopic (exact) mass is 453 g/mol. The lowest BCUT2D eigenvalue weighted by Crippen LogP contribution is -1.94. The zero-order valence-corrected chi connectivity index (χ0v) is 19.1. The minimum atomic E-state index is 0.746. The molecule has 0 aliphatic heterocycles. The first-order valence-corrected chi connectivity index (χ1v) is 11.9. The quantitative estimate of drug-likeness (QED) is 0.230. The fourth-order valence-corrected chi connectivity index (χ4v) is 5.47. The molecule has 34 heavy (non-hydrogen) atoms. The van der Waals surface area contributed by atoms with Gasteiger partial charge in [-0.25, -0.2) is 0 Å². The van der Waals surface area contributed by atoms with Crippen molar-refractivity contribution in [1.29, 1.82) is 0 Å². The zero-order valence-electron chi connectivity index (χ0n) is 18.4. The Labute approximate surface area is 202 Å². The number of hydrogen-bond donors (Lipinski definition) is 0. The molecule has 0 fully saturated rings. The van der Waals surface area contributed by atoms with E-state index in [-0.39, 0.29) is 0 Å². The van der Waals surface area contributed by atoms with Gasteiger partial charge in [0.05, 0.1) is 11.0 Å². The van der Waals surface area contributed by atoms with Gasteiger partial charge in [0.1, 0.15) is 0 Å². The van der Waals surface area contributed by atoms with Crippen LogP contribution in [0.25, 0.3) is 60.2 Å². The second kappa shape index (κ2) is 7.48. The van der Waals surface area contributed by atoms with E-state index in [0.29, 0.717) is 0 Å². The van der Waals surface area contributed by atoms with Crippen molar-refractivity contribution in [3.63, 3.8) is 0 Å². The van der Waals surface area contributed by atoms with Crippen molar-refractivity contribution >= 4 is 55.0 Å². The molecule has 0 unspecified atom stereocenters. The predicted molar refractivity (Wildman–Crippen MR) is 146 cm³/mol. The number of fused-ring (bicyclic) bond motifs is 6. The Bertz CT molecular complexity index is 1860. The molecule has 7 aromatic rings. The first-order chi connectivity index (χ1) is 16.8. The summed E-state index contributed by atoms with van der Waals surface area (Å²) in [5.41, 5.74) is 5.90. The minimum absolute atomic E-state index is 0.746. The van der Waals surface area contributed by atoms with Crippen LogP contribution in [0.1, 0.15) is 0 Å². The standard InChI is InChI=1S/C32H20ClN/c33-23-15-18-29-28-11-5-6-12-31(28)34(32(29)20-23)24-16-13-21(14-17-24)30-19-22-7-1-2-8-25(22)26-9-3-4-10-27(26)30/h1-20H. The van der Waals surface area contributed by atoms with E-state index in [9.17, 15) is 0 Å². The van der Waals surface area contributed by atoms with Crippen molar-refractivity contribution in [3.05, 3.63) is 126 Å². The van der Waals surface area contributed by atoms with E-state index in [1.165, 1.54) is 49.0 Å². The molecule has 0 amide bonds. The van der Waals surface area contributed by atoms with Crippen molar-refractivity contribution in [3.8, 4) is 16.8 Å². The van der Waals surface area contributed by atoms with Crippen molar-refractivity contribution in [2.75, 3.05) is 0 Å². The van der Waals surface area contributed by atoms with Crippen LogP contribution >= 0.6 is 11.6 Å². The first kappa shape index (κ1) is 19.4. The van der Waals surface area contributed by atoms with Crippen LogP contribution < -0.4 is 0 Å². The fraction of sp³-hybridized carbons (Fsp3) is 0. The smallest absolute Gasteiger partial charge is 0.0555 e. The third-order valence-electron chi connectivity index (χ3n) is 6.84. The van der Waals surface area contributed by atoms with Gasteiger partial charge in [-0.05, 0) is 69.1 Å². The van der Waals surface area contributed by atoms with Gasteiger partial charge in [-0.3, -0.25) is 0 Å². The average molecular weight is 454 g/mol. The van der Waals surface area contributed by atoms with E-state index in [0.717, 1.165) is 16.2 Å². The largest absolute Gasteiger partial charge is 0.309 e. The minimum Gasteiger partial charge on any atom is -0.309 e. The van der Waals surface area contributed by atoms with Crippen LogP contribution in [0.2, 0.25) is 5.02 Å². The van der Waals surface area contributed by atoms with Gasteiger partial charge in [-0.1, -0.05) is 96.5 Å². The van der Waals surface area contributed by atoms with Gasteiger partial charge in [-0.2, -0.15) is 0 Å². The summed E-state index contributed by atoms with van der Waals surface area (Å²) in [5.74, 6) is 0. The summed E-state index contributed by atoms with van der Waals surface area (Å²) in [4.78, 5) is 0. The van der Waals surface area contributed by atoms with Gasteiger partial charge in [0.15, 0.2) is 0 Å². The maximum atomic E-state index is 6.40. The molecule has 0 radical (unpaired) electrons. The Morgan fingerprint density at radius 2 is 1.12 bits per heavy atom. The van der Waals surface area contributed by atoms with E-state index in [2.05, 4.69) is 120 Å². The molecule has 1 heterocycles. The molecule has 160 valence electrons. The van der Waals surface area contributed by atoms with Crippen LogP contribution in [0.15, 0.2) is 121 Å². The molecule has 0 bridgehead atoms. The van der Waals surface area contributed by atoms with Crippen LogP contribution in [0.5, 0.6) is 0 Å². The number of aromatic nitrogens is 1. The number of para-hydroxylation sites is 1. The molecule has 1 nitrogen and oxygen atoms in total. The molecule has 0 N–H and O–H groups in total. The van der Waals surface area contributed by atoms with Gasteiger partial charge < -0.3 is 4.57 Å². The summed E-state index contributed by atoms with van der Waals surface area (Å²) in [6.45, 7) is 0. The molecule has 0 saturated heterocycles. The number of halogens is 1. The highest BCUT2D eigenvalue weighted by Crippen LogP contribution is 2.37. The Morgan fingerprint density at radius 1 is 0.471 bits per heavy atom. The van der Waals surface area contributed by atoms with Crippen molar-refractivity contribution < 1.29 is 0 Å². The maximum Gasteiger partial charge on any atom is 0.0555 e. The van der Waals surface area contributed by atoms with Crippen molar-refractivity contribution in [1.82, 2.24) is 4.57 Å². The third-order valence-corrected chi connectivity index (χ3v) is 7.08. The van der Waals surface area contributed by atoms with E-state index < -0.39 is 0 Å². The third kappa shape index (κ3) is 2.88. The van der Waals surface area contributed by atoms with Crippen LogP contribution in [0, 0.1) is 0 Å². The first-order valence-electron chi connectivity index (χ1n) is 11.5. The van der Waals surface area contributed by atoms with Crippen molar-refractivity contribution in [2.45, 2.75) is 0 Å². The molecular weight excluding hydrogens is 434 g/mol. The summed E-state index contributed by atoms with van der Waals surface area (Å²) in [5, 5.41) is 8.31. The number of benzene rings is 6. The summed E-state index contributed by atoms with van der Waals surface area (Å²) in [6, 6.07) is 43.2. The molecule has 0 atom stereocenters. The highest BCUT2D eigenvalue weighted by molar-refractivity contribution is 6.31. The Morgan fingerprint density at radius 3 is 1.94 bits per heavy atom. The molecular formula is C32H20ClN. The van der Waals surface area contributed by atoms with E-state index in [4.69, 9.17) is 11.6 Å². The normalized spacial score (nSPS) is 11.7. The molecule has 1 aromatic heterocycles. The summed E-state index contributed by atoms with van der Waals surface area (Å²) >= 11 is 6.40. The fourth-order valence-electron chi connectivity index (χ4n) is 5.31. The van der Waals surface area contributed by atoms with E-state index in [1.807, 2.05) is 6.07 Å². The van der Waals surface area contributed by atoms with E-state index >= 15 is 0 Å². The molecule has 6 aromatic carbocycles. The molecule has 2 heteroatoms. The molecule has 0 saturated carbocycles. The van der Waals surface area contributed by atoms with Gasteiger partial charge in [0.25, 0.3) is 0 Å². The van der Waals surface area contributed by atoms with Gasteiger partial charge in [0.2, 0.25) is 0 Å². The van der Waals surface area contributed by atoms with Gasteiger partial charge in [0, 0.05) is 21.5 Å². The Balaban J connectivity index is 1.45. The summed E-state index contributed by atoms with van der Waals surface area (Å²) in [7, 11) is 0. The second-order valence-corrected chi connectivity index (χ2v) is 9.19. The second-order valence-electron chi connectivity index (χ2n) is 8.75. The Kier molecular flexibility index (Phi) is 4.27. The highest BCUT2D eigenvalue weighted by atomic mass is 35.5. The molecule has 7 rings (SSSR count). The van der Waals surface area contributed by atoms with E-state index in [1.54, 1.807) is 0 Å². The predicted octanol–water partition coefficient (Wildman–Crippen LogP) is 9.41. The maximum absolute atomic E-state index is 6.40. The summed E-state index contributed by atoms with van der Waals surface area (Å²) < 4.78 is 2.30. The lowest BCUT2D eigenvalue weighted by Gasteiger charge is -2.13. The van der Waals surface area contributed by atoms with Crippen LogP contribution in [-0.2, 0) is 0 Å². The van der Waals surface area contributed by atoms with Crippen LogP contribution in [-0.4, -0.2) is 4.57 Å². The SMILES string of the molecule is Clc1ccc2c3ccccc3n(-c3ccc(-c4cc5ccccc5c5ccccc45)cc3)c2c1. The molecule has 0 spiro atoms. The van der Waals surface area contributed by atoms with Crippen molar-refractivity contribution in [2.24, 2.45) is 0 Å². The Hall–Kier alpha value is -4.07.